The lowest BCUT2D eigenvalue weighted by Gasteiger charge is -2.11. The van der Waals surface area contributed by atoms with Gasteiger partial charge in [0.1, 0.15) is 5.75 Å². The lowest BCUT2D eigenvalue weighted by molar-refractivity contribution is -0.119. The minimum atomic E-state index is -0.0725. The van der Waals surface area contributed by atoms with E-state index in [1.807, 2.05) is 55.6 Å². The van der Waals surface area contributed by atoms with Gasteiger partial charge in [-0.3, -0.25) is 4.79 Å². The van der Waals surface area contributed by atoms with Crippen molar-refractivity contribution >= 4 is 29.0 Å². The summed E-state index contributed by atoms with van der Waals surface area (Å²) in [5.74, 6) is 1.36. The van der Waals surface area contributed by atoms with Crippen LogP contribution in [-0.4, -0.2) is 28.5 Å². The van der Waals surface area contributed by atoms with Crippen molar-refractivity contribution in [2.75, 3.05) is 12.4 Å². The van der Waals surface area contributed by atoms with Crippen molar-refractivity contribution in [1.82, 2.24) is 15.5 Å². The zero-order valence-corrected chi connectivity index (χ0v) is 16.1. The number of ether oxygens (including phenoxy) is 1. The van der Waals surface area contributed by atoms with Gasteiger partial charge in [0.15, 0.2) is 0 Å². The standard InChI is InChI=1S/C18H19N3O3S2/c1-3-23-14-8-6-13(7-9-14)17-20-21-18(24-17)26-11-16(22)19-12(2)15-5-4-10-25-15/h4-10,12H,3,11H2,1-2H3,(H,19,22)/t12-/m0/s1. The Bertz CT molecular complexity index is 832. The maximum atomic E-state index is 12.1. The van der Waals surface area contributed by atoms with Crippen LogP contribution in [0.4, 0.5) is 0 Å². The van der Waals surface area contributed by atoms with Crippen LogP contribution in [0, 0.1) is 0 Å². The molecule has 1 amide bonds. The van der Waals surface area contributed by atoms with Crippen molar-refractivity contribution in [3.05, 3.63) is 46.7 Å². The number of carbonyl (C=O) groups excluding carboxylic acids is 1. The summed E-state index contributed by atoms with van der Waals surface area (Å²) in [7, 11) is 0. The first-order chi connectivity index (χ1) is 12.7. The van der Waals surface area contributed by atoms with Gasteiger partial charge in [0.2, 0.25) is 11.8 Å². The number of hydrogen-bond donors (Lipinski definition) is 1. The largest absolute Gasteiger partial charge is 0.494 e. The fourth-order valence-corrected chi connectivity index (χ4v) is 3.57. The molecule has 6 nitrogen and oxygen atoms in total. The molecule has 8 heteroatoms. The van der Waals surface area contributed by atoms with E-state index in [0.717, 1.165) is 16.2 Å². The molecule has 3 aromatic rings. The molecule has 3 rings (SSSR count). The van der Waals surface area contributed by atoms with Crippen LogP contribution in [0.5, 0.6) is 5.75 Å². The molecule has 0 aliphatic heterocycles. The second-order valence-corrected chi connectivity index (χ2v) is 7.33. The van der Waals surface area contributed by atoms with Gasteiger partial charge in [-0.1, -0.05) is 17.8 Å². The van der Waals surface area contributed by atoms with E-state index in [-0.39, 0.29) is 17.7 Å². The summed E-state index contributed by atoms with van der Waals surface area (Å²) in [5, 5.41) is 13.3. The highest BCUT2D eigenvalue weighted by atomic mass is 32.2. The first-order valence-corrected chi connectivity index (χ1v) is 10.0. The van der Waals surface area contributed by atoms with Gasteiger partial charge in [0.05, 0.1) is 18.4 Å². The number of rotatable bonds is 8. The van der Waals surface area contributed by atoms with Crippen LogP contribution in [0.3, 0.4) is 0 Å². The van der Waals surface area contributed by atoms with Gasteiger partial charge in [0.25, 0.3) is 5.22 Å². The molecule has 0 spiro atoms. The first-order valence-electron chi connectivity index (χ1n) is 8.18. The van der Waals surface area contributed by atoms with Crippen LogP contribution >= 0.6 is 23.1 Å². The SMILES string of the molecule is CCOc1ccc(-c2nnc(SCC(=O)N[C@@H](C)c3cccs3)o2)cc1. The van der Waals surface area contributed by atoms with E-state index in [4.69, 9.17) is 9.15 Å². The molecule has 26 heavy (non-hydrogen) atoms. The van der Waals surface area contributed by atoms with Crippen LogP contribution in [-0.2, 0) is 4.79 Å². The second-order valence-electron chi connectivity index (χ2n) is 5.42. The van der Waals surface area contributed by atoms with E-state index >= 15 is 0 Å². The molecule has 0 saturated carbocycles. The van der Waals surface area contributed by atoms with Gasteiger partial charge < -0.3 is 14.5 Å². The van der Waals surface area contributed by atoms with Gasteiger partial charge in [-0.15, -0.1) is 21.5 Å². The number of thiophene rings is 1. The molecular formula is C18H19N3O3S2. The molecule has 2 aromatic heterocycles. The molecule has 1 aromatic carbocycles. The van der Waals surface area contributed by atoms with Gasteiger partial charge in [-0.25, -0.2) is 0 Å². The Labute approximate surface area is 160 Å². The lowest BCUT2D eigenvalue weighted by Crippen LogP contribution is -2.27. The Hall–Kier alpha value is -2.32. The third-order valence-corrected chi connectivity index (χ3v) is 5.37. The van der Waals surface area contributed by atoms with E-state index in [2.05, 4.69) is 15.5 Å². The molecule has 0 radical (unpaired) electrons. The fourth-order valence-electron chi connectivity index (χ4n) is 2.26. The minimum Gasteiger partial charge on any atom is -0.494 e. The highest BCUT2D eigenvalue weighted by Crippen LogP contribution is 2.25. The average Bonchev–Trinajstić information content (AvgIpc) is 3.33. The predicted molar refractivity (Wildman–Crippen MR) is 103 cm³/mol. The molecule has 2 heterocycles. The molecule has 0 saturated heterocycles. The minimum absolute atomic E-state index is 0.00907. The lowest BCUT2D eigenvalue weighted by atomic mass is 10.2. The Kier molecular flexibility index (Phi) is 6.30. The number of thioether (sulfide) groups is 1. The van der Waals surface area contributed by atoms with Crippen molar-refractivity contribution < 1.29 is 13.9 Å². The first kappa shape index (κ1) is 18.5. The average molecular weight is 390 g/mol. The molecule has 0 aliphatic rings. The van der Waals surface area contributed by atoms with E-state index in [0.29, 0.717) is 17.7 Å². The molecule has 0 fully saturated rings. The number of hydrogen-bond acceptors (Lipinski definition) is 7. The number of nitrogens with zero attached hydrogens (tertiary/aromatic N) is 2. The number of carbonyl (C=O) groups is 1. The van der Waals surface area contributed by atoms with Gasteiger partial charge in [-0.05, 0) is 49.6 Å². The van der Waals surface area contributed by atoms with E-state index in [1.54, 1.807) is 11.3 Å². The molecular weight excluding hydrogens is 370 g/mol. The summed E-state index contributed by atoms with van der Waals surface area (Å²) < 4.78 is 11.0. The van der Waals surface area contributed by atoms with Crippen LogP contribution in [0.1, 0.15) is 24.8 Å². The van der Waals surface area contributed by atoms with Crippen molar-refractivity contribution in [3.8, 4) is 17.2 Å². The Balaban J connectivity index is 1.52. The van der Waals surface area contributed by atoms with Gasteiger partial charge >= 0.3 is 0 Å². The molecule has 0 bridgehead atoms. The number of amides is 1. The maximum absolute atomic E-state index is 12.1. The van der Waals surface area contributed by atoms with Crippen molar-refractivity contribution in [2.45, 2.75) is 25.1 Å². The van der Waals surface area contributed by atoms with Crippen LogP contribution in [0.15, 0.2) is 51.4 Å². The number of nitrogens with one attached hydrogen (secondary N) is 1. The molecule has 1 N–H and O–H groups in total. The molecule has 0 unspecified atom stereocenters. The number of aromatic nitrogens is 2. The molecule has 136 valence electrons. The predicted octanol–water partition coefficient (Wildman–Crippen LogP) is 4.17. The van der Waals surface area contributed by atoms with E-state index in [1.165, 1.54) is 11.8 Å². The second kappa shape index (κ2) is 8.86. The summed E-state index contributed by atoms with van der Waals surface area (Å²) in [6.45, 7) is 4.52. The summed E-state index contributed by atoms with van der Waals surface area (Å²) in [4.78, 5) is 13.2. The third kappa shape index (κ3) is 4.86. The van der Waals surface area contributed by atoms with Gasteiger partial charge in [0, 0.05) is 10.4 Å². The van der Waals surface area contributed by atoms with Crippen molar-refractivity contribution in [2.24, 2.45) is 0 Å². The Morgan fingerprint density at radius 2 is 2.12 bits per heavy atom. The smallest absolute Gasteiger partial charge is 0.277 e. The Morgan fingerprint density at radius 1 is 1.31 bits per heavy atom. The monoisotopic (exact) mass is 389 g/mol. The van der Waals surface area contributed by atoms with E-state index in [9.17, 15) is 4.79 Å². The summed E-state index contributed by atoms with van der Waals surface area (Å²) in [5.41, 5.74) is 0.809. The third-order valence-electron chi connectivity index (χ3n) is 3.49. The quantitative estimate of drug-likeness (QED) is 0.583. The zero-order valence-electron chi connectivity index (χ0n) is 14.5. The van der Waals surface area contributed by atoms with Gasteiger partial charge in [-0.2, -0.15) is 0 Å². The highest BCUT2D eigenvalue weighted by molar-refractivity contribution is 7.99. The van der Waals surface area contributed by atoms with E-state index < -0.39 is 0 Å². The zero-order chi connectivity index (χ0) is 18.4. The van der Waals surface area contributed by atoms with Crippen molar-refractivity contribution in [1.29, 1.82) is 0 Å². The van der Waals surface area contributed by atoms with Crippen LogP contribution in [0.2, 0.25) is 0 Å². The molecule has 1 atom stereocenters. The fraction of sp³-hybridized carbons (Fsp3) is 0.278. The van der Waals surface area contributed by atoms with Crippen LogP contribution < -0.4 is 10.1 Å². The summed E-state index contributed by atoms with van der Waals surface area (Å²) in [6.07, 6.45) is 0. The number of benzene rings is 1. The molecule has 0 aliphatic carbocycles. The maximum Gasteiger partial charge on any atom is 0.277 e. The van der Waals surface area contributed by atoms with Crippen molar-refractivity contribution in [3.63, 3.8) is 0 Å². The van der Waals surface area contributed by atoms with Crippen LogP contribution in [0.25, 0.3) is 11.5 Å². The summed E-state index contributed by atoms with van der Waals surface area (Å²) in [6, 6.07) is 11.4. The highest BCUT2D eigenvalue weighted by Gasteiger charge is 2.14. The Morgan fingerprint density at radius 3 is 2.81 bits per heavy atom. The normalized spacial score (nSPS) is 11.9. The topological polar surface area (TPSA) is 77.2 Å². The summed E-state index contributed by atoms with van der Waals surface area (Å²) >= 11 is 2.84.